The number of thioether (sulfide) groups is 1. The number of carbonyl (C=O) groups is 1. The summed E-state index contributed by atoms with van der Waals surface area (Å²) in [6.07, 6.45) is 1.91. The predicted octanol–water partition coefficient (Wildman–Crippen LogP) is 14.8. The minimum atomic E-state index is -6.11. The number of amides is 1. The monoisotopic (exact) mass is 1210 g/mol. The molecule has 5 aromatic rings. The van der Waals surface area contributed by atoms with Crippen LogP contribution in [0.15, 0.2) is 136 Å². The molecule has 2 heterocycles. The number of alkyl halides is 3. The molecule has 2 atom stereocenters. The van der Waals surface area contributed by atoms with E-state index < -0.39 is 61.1 Å². The number of halogens is 4. The van der Waals surface area contributed by atoms with E-state index >= 15 is 0 Å². The molecule has 11 nitrogen and oxygen atoms in total. The highest BCUT2D eigenvalue weighted by Crippen LogP contribution is 2.49. The van der Waals surface area contributed by atoms with E-state index in [1.54, 1.807) is 12.1 Å². The molecule has 5 aromatic carbocycles. The second kappa shape index (κ2) is 25.0. The van der Waals surface area contributed by atoms with Crippen molar-refractivity contribution in [2.75, 3.05) is 61.8 Å². The highest BCUT2D eigenvalue weighted by molar-refractivity contribution is 7.99. The fourth-order valence-corrected chi connectivity index (χ4v) is 15.6. The summed E-state index contributed by atoms with van der Waals surface area (Å²) in [6.45, 7) is 32.4. The summed E-state index contributed by atoms with van der Waals surface area (Å²) in [6, 6.07) is 34.2. The SMILES string of the molecule is CC(C)(C)C(C)(N1CCN(CC[C@H](CSc2ccccc2)Nc2ccc(S(=O)(=O)NC(=O)c3ccc(N4CCC([C@@H](O[Si](C)(C)C(C)(C)C)c5ccccc5-c5ccc(Cl)cc5)CC4)cc3)cc2S(=O)(=O)C(F)(F)F)CC1)C(C)(C)C. The highest BCUT2D eigenvalue weighted by Gasteiger charge is 2.52. The molecular weight excluding hydrogens is 1130 g/mol. The number of sulfone groups is 1. The van der Waals surface area contributed by atoms with Crippen LogP contribution in [0.4, 0.5) is 24.5 Å². The zero-order chi connectivity index (χ0) is 59.6. The average molecular weight is 1210 g/mol. The lowest BCUT2D eigenvalue weighted by Crippen LogP contribution is -2.66. The van der Waals surface area contributed by atoms with Crippen molar-refractivity contribution >= 4 is 68.8 Å². The normalized spacial score (nSPS) is 17.0. The van der Waals surface area contributed by atoms with Gasteiger partial charge in [0, 0.05) is 84.3 Å². The Morgan fingerprint density at radius 1 is 0.741 bits per heavy atom. The third-order valence-electron chi connectivity index (χ3n) is 17.5. The van der Waals surface area contributed by atoms with Crippen LogP contribution in [0.2, 0.25) is 23.2 Å². The van der Waals surface area contributed by atoms with E-state index in [9.17, 15) is 34.8 Å². The smallest absolute Gasteiger partial charge is 0.410 e. The molecular formula is C62H83ClF3N5O6S3Si. The average Bonchev–Trinajstić information content (AvgIpc) is 3.41. The van der Waals surface area contributed by atoms with E-state index in [0.29, 0.717) is 42.9 Å². The van der Waals surface area contributed by atoms with Crippen molar-refractivity contribution < 1.29 is 39.2 Å². The van der Waals surface area contributed by atoms with E-state index in [2.05, 4.69) is 121 Å². The summed E-state index contributed by atoms with van der Waals surface area (Å²) in [5.41, 5.74) is -2.20. The molecule has 2 saturated heterocycles. The van der Waals surface area contributed by atoms with E-state index in [1.807, 2.05) is 65.4 Å². The number of hydrogen-bond acceptors (Lipinski definition) is 11. The van der Waals surface area contributed by atoms with Crippen LogP contribution in [-0.4, -0.2) is 110 Å². The number of sulfonamides is 1. The van der Waals surface area contributed by atoms with Gasteiger partial charge in [0.15, 0.2) is 8.32 Å². The van der Waals surface area contributed by atoms with Crippen LogP contribution in [0, 0.1) is 16.7 Å². The lowest BCUT2D eigenvalue weighted by Gasteiger charge is -2.59. The van der Waals surface area contributed by atoms with Gasteiger partial charge >= 0.3 is 5.51 Å². The van der Waals surface area contributed by atoms with Gasteiger partial charge < -0.3 is 19.5 Å². The fourth-order valence-electron chi connectivity index (χ4n) is 11.2. The molecule has 0 radical (unpaired) electrons. The summed E-state index contributed by atoms with van der Waals surface area (Å²) < 4.78 is 107. The van der Waals surface area contributed by atoms with Gasteiger partial charge in [-0.15, -0.1) is 11.8 Å². The summed E-state index contributed by atoms with van der Waals surface area (Å²) in [5.74, 6) is -0.479. The van der Waals surface area contributed by atoms with Gasteiger partial charge in [-0.05, 0) is 144 Å². The molecule has 2 aliphatic rings. The number of piperidine rings is 1. The molecule has 1 amide bonds. The molecule has 7 rings (SSSR count). The van der Waals surface area contributed by atoms with Crippen molar-refractivity contribution in [3.8, 4) is 11.1 Å². The van der Waals surface area contributed by atoms with Crippen LogP contribution in [0.1, 0.15) is 111 Å². The van der Waals surface area contributed by atoms with Gasteiger partial charge in [-0.25, -0.2) is 21.6 Å². The van der Waals surface area contributed by atoms with E-state index in [0.717, 1.165) is 78.4 Å². The van der Waals surface area contributed by atoms with Crippen LogP contribution in [0.5, 0.6) is 0 Å². The first-order valence-corrected chi connectivity index (χ1v) is 35.2. The first kappa shape index (κ1) is 64.2. The minimum absolute atomic E-state index is 0.0131. The number of nitrogens with one attached hydrogen (secondary N) is 2. The minimum Gasteiger partial charge on any atom is -0.410 e. The van der Waals surface area contributed by atoms with E-state index in [1.165, 1.54) is 23.9 Å². The third-order valence-corrected chi connectivity index (χ3v) is 26.2. The van der Waals surface area contributed by atoms with Gasteiger partial charge in [0.1, 0.15) is 4.90 Å². The Labute approximate surface area is 491 Å². The highest BCUT2D eigenvalue weighted by atomic mass is 35.5. The summed E-state index contributed by atoms with van der Waals surface area (Å²) >= 11 is 7.76. The summed E-state index contributed by atoms with van der Waals surface area (Å²) in [4.78, 5) is 19.6. The van der Waals surface area contributed by atoms with Crippen LogP contribution in [0.25, 0.3) is 11.1 Å². The standard InChI is InChI=1S/C62H83ClF3N5O6S3Si/c1-58(2,3)61(10,59(4,5)6)71-40-38-69(39-41-71)35-34-48(43-78-50-18-14-13-15-19-50)67-54-31-30-51(42-55(54)79(73,74)62(64,65)66)80(75,76)68-57(72)46-24-28-49(29-25-46)70-36-32-45(33-37-70)56(77-81(11,12)60(7,8)9)53-21-17-16-20-52(53)44-22-26-47(63)27-23-44/h13-31,42,45,48,56,67H,32-41,43H2,1-12H3,(H,68,72)/t48-,56-/m1/s1. The first-order chi connectivity index (χ1) is 37.6. The van der Waals surface area contributed by atoms with Crippen molar-refractivity contribution in [1.82, 2.24) is 14.5 Å². The van der Waals surface area contributed by atoms with E-state index in [4.69, 9.17) is 16.0 Å². The molecule has 19 heteroatoms. The second-order valence-electron chi connectivity index (χ2n) is 25.5. The maximum Gasteiger partial charge on any atom is 0.501 e. The molecule has 0 unspecified atom stereocenters. The van der Waals surface area contributed by atoms with Gasteiger partial charge in [-0.3, -0.25) is 9.69 Å². The van der Waals surface area contributed by atoms with Crippen molar-refractivity contribution in [3.63, 3.8) is 0 Å². The van der Waals surface area contributed by atoms with Gasteiger partial charge in [0.05, 0.1) is 16.7 Å². The van der Waals surface area contributed by atoms with E-state index in [-0.39, 0.29) is 39.0 Å². The van der Waals surface area contributed by atoms with Crippen LogP contribution < -0.4 is 14.9 Å². The van der Waals surface area contributed by atoms with Crippen LogP contribution in [0.3, 0.4) is 0 Å². The fraction of sp³-hybridized carbons (Fsp3) is 0.500. The van der Waals surface area contributed by atoms with Gasteiger partial charge in [0.25, 0.3) is 25.8 Å². The molecule has 0 saturated carbocycles. The van der Waals surface area contributed by atoms with Crippen molar-refractivity contribution in [3.05, 3.63) is 137 Å². The predicted molar refractivity (Wildman–Crippen MR) is 328 cm³/mol. The molecule has 0 aliphatic carbocycles. The Morgan fingerprint density at radius 2 is 1.32 bits per heavy atom. The number of benzene rings is 5. The molecule has 442 valence electrons. The Bertz CT molecular complexity index is 3160. The Hall–Kier alpha value is -4.40. The number of piperazine rings is 1. The van der Waals surface area contributed by atoms with Crippen LogP contribution in [-0.2, 0) is 24.3 Å². The zero-order valence-electron chi connectivity index (χ0n) is 49.1. The number of rotatable bonds is 19. The third kappa shape index (κ3) is 14.9. The van der Waals surface area contributed by atoms with Crippen molar-refractivity contribution in [1.29, 1.82) is 0 Å². The lowest BCUT2D eigenvalue weighted by molar-refractivity contribution is -0.0921. The number of nitrogens with zero attached hydrogens (tertiary/aromatic N) is 3. The first-order valence-electron chi connectivity index (χ1n) is 27.9. The van der Waals surface area contributed by atoms with Crippen molar-refractivity contribution in [2.24, 2.45) is 16.7 Å². The molecule has 0 spiro atoms. The number of carbonyl (C=O) groups excluding carboxylic acids is 1. The Morgan fingerprint density at radius 3 is 1.89 bits per heavy atom. The molecule has 0 bridgehead atoms. The quantitative estimate of drug-likeness (QED) is 0.0606. The van der Waals surface area contributed by atoms with Gasteiger partial charge in [0.2, 0.25) is 0 Å². The Kier molecular flexibility index (Phi) is 19.8. The number of anilines is 2. The molecule has 2 N–H and O–H groups in total. The molecule has 2 fully saturated rings. The van der Waals surface area contributed by atoms with Gasteiger partial charge in [-0.2, -0.15) is 13.2 Å². The topological polar surface area (TPSA) is 128 Å². The Balaban J connectivity index is 1.06. The maximum absolute atomic E-state index is 14.5. The van der Waals surface area contributed by atoms with Crippen molar-refractivity contribution in [2.45, 2.75) is 145 Å². The largest absolute Gasteiger partial charge is 0.501 e. The number of hydrogen-bond donors (Lipinski definition) is 2. The zero-order valence-corrected chi connectivity index (χ0v) is 53.3. The van der Waals surface area contributed by atoms with Crippen LogP contribution >= 0.6 is 23.4 Å². The lowest BCUT2D eigenvalue weighted by atomic mass is 9.60. The summed E-state index contributed by atoms with van der Waals surface area (Å²) in [7, 11) is -13.3. The molecule has 0 aromatic heterocycles. The summed E-state index contributed by atoms with van der Waals surface area (Å²) in [5, 5.41) is 3.73. The van der Waals surface area contributed by atoms with Gasteiger partial charge in [-0.1, -0.05) is 129 Å². The molecule has 2 aliphatic heterocycles. The maximum atomic E-state index is 14.5. The second-order valence-corrected chi connectivity index (χ2v) is 35.3. The molecule has 81 heavy (non-hydrogen) atoms.